The van der Waals surface area contributed by atoms with Crippen LogP contribution in [0.1, 0.15) is 56.1 Å². The number of carbonyl (C=O) groups is 2. The zero-order valence-corrected chi connectivity index (χ0v) is 24.4. The second-order valence-electron chi connectivity index (χ2n) is 11.5. The Bertz CT molecular complexity index is 1200. The molecule has 2 saturated carbocycles. The molecule has 3 amide bonds. The second kappa shape index (κ2) is 11.3. The van der Waals surface area contributed by atoms with Crippen molar-refractivity contribution >= 4 is 35.7 Å². The van der Waals surface area contributed by atoms with Gasteiger partial charge in [-0.1, -0.05) is 36.8 Å². The van der Waals surface area contributed by atoms with Gasteiger partial charge in [0.2, 0.25) is 5.91 Å². The van der Waals surface area contributed by atoms with Gasteiger partial charge in [0, 0.05) is 31.9 Å². The van der Waals surface area contributed by atoms with E-state index >= 15 is 0 Å². The summed E-state index contributed by atoms with van der Waals surface area (Å²) in [6.45, 7) is 1.40. The van der Waals surface area contributed by atoms with Gasteiger partial charge in [0.15, 0.2) is 5.82 Å². The monoisotopic (exact) mass is 551 g/mol. The van der Waals surface area contributed by atoms with Gasteiger partial charge in [0.25, 0.3) is 0 Å². The molecule has 2 N–H and O–H groups in total. The molecule has 1 saturated heterocycles. The lowest BCUT2D eigenvalue weighted by Gasteiger charge is -2.51. The van der Waals surface area contributed by atoms with E-state index in [-0.39, 0.29) is 29.6 Å². The Morgan fingerprint density at radius 1 is 1.23 bits per heavy atom. The van der Waals surface area contributed by atoms with E-state index in [4.69, 9.17) is 0 Å². The van der Waals surface area contributed by atoms with E-state index in [1.165, 1.54) is 36.6 Å². The molecule has 2 aliphatic carbocycles. The lowest BCUT2D eigenvalue weighted by molar-refractivity contribution is -0.116. The van der Waals surface area contributed by atoms with Crippen molar-refractivity contribution in [3.63, 3.8) is 0 Å². The summed E-state index contributed by atoms with van der Waals surface area (Å²) >= 11 is 1.51. The van der Waals surface area contributed by atoms with E-state index in [0.717, 1.165) is 42.8 Å². The van der Waals surface area contributed by atoms with Crippen molar-refractivity contribution in [2.24, 2.45) is 10.9 Å². The van der Waals surface area contributed by atoms with E-state index in [2.05, 4.69) is 74.7 Å². The van der Waals surface area contributed by atoms with E-state index in [0.29, 0.717) is 18.3 Å². The number of rotatable bonds is 9. The van der Waals surface area contributed by atoms with Crippen LogP contribution < -0.4 is 5.32 Å². The maximum Gasteiger partial charge on any atom is 0.321 e. The minimum atomic E-state index is -0.239. The minimum absolute atomic E-state index is 0.00344. The lowest BCUT2D eigenvalue weighted by atomic mass is 9.68. The van der Waals surface area contributed by atoms with E-state index in [1.54, 1.807) is 18.2 Å². The minimum Gasteiger partial charge on any atom is -0.317 e. The number of benzene rings is 1. The maximum atomic E-state index is 13.8. The quantitative estimate of drug-likeness (QED) is 0.355. The molecule has 3 aliphatic rings. The van der Waals surface area contributed by atoms with E-state index in [1.807, 2.05) is 6.26 Å². The first-order valence-corrected chi connectivity index (χ1v) is 15.2. The molecular weight excluding hydrogens is 510 g/mol. The summed E-state index contributed by atoms with van der Waals surface area (Å²) in [4.78, 5) is 37.4. The standard InChI is InChI=1S/C29H41N7O2S/c1-30-17-23-25(32-33-26(23)39-4)31-24(37)19-35-20-28(36(27(35)38)18-21-9-8-10-21)13-15-29(16-14-28,34(2)3)22-11-6-5-7-12-22/h5-7,11-12,17,21H,8-10,13-16,18-20H2,1-4H3,(H2,31,32,33,37)/b30-17+/t28-,29+. The molecule has 5 rings (SSSR count). The average molecular weight is 552 g/mol. The van der Waals surface area contributed by atoms with E-state index in [9.17, 15) is 9.59 Å². The molecule has 0 atom stereocenters. The van der Waals surface area contributed by atoms with Gasteiger partial charge in [-0.2, -0.15) is 5.10 Å². The van der Waals surface area contributed by atoms with Gasteiger partial charge in [0.1, 0.15) is 11.6 Å². The Labute approximate surface area is 235 Å². The topological polar surface area (TPSA) is 96.9 Å². The number of carbonyl (C=O) groups excluding carboxylic acids is 2. The molecular formula is C29H41N7O2S. The lowest BCUT2D eigenvalue weighted by Crippen LogP contribution is -2.56. The zero-order valence-electron chi connectivity index (χ0n) is 23.6. The number of hydrogen-bond donors (Lipinski definition) is 2. The number of aliphatic imine (C=N–C) groups is 1. The van der Waals surface area contributed by atoms with Crippen molar-refractivity contribution in [3.05, 3.63) is 41.5 Å². The van der Waals surface area contributed by atoms with Crippen molar-refractivity contribution in [2.75, 3.05) is 52.3 Å². The van der Waals surface area contributed by atoms with Crippen molar-refractivity contribution in [1.82, 2.24) is 24.9 Å². The highest BCUT2D eigenvalue weighted by Crippen LogP contribution is 2.49. The Balaban J connectivity index is 1.34. The molecule has 0 unspecified atom stereocenters. The first-order chi connectivity index (χ1) is 18.8. The maximum absolute atomic E-state index is 13.8. The highest BCUT2D eigenvalue weighted by atomic mass is 32.2. The van der Waals surface area contributed by atoms with Crippen LogP contribution in [-0.4, -0.2) is 95.6 Å². The number of hydrogen-bond acceptors (Lipinski definition) is 6. The molecule has 9 nitrogen and oxygen atoms in total. The summed E-state index contributed by atoms with van der Waals surface area (Å²) in [5.74, 6) is 0.773. The zero-order chi connectivity index (χ0) is 27.6. The molecule has 39 heavy (non-hydrogen) atoms. The van der Waals surface area contributed by atoms with Gasteiger partial charge < -0.3 is 15.1 Å². The first kappa shape index (κ1) is 27.7. The van der Waals surface area contributed by atoms with Crippen molar-refractivity contribution in [2.45, 2.75) is 61.0 Å². The first-order valence-electron chi connectivity index (χ1n) is 14.0. The fourth-order valence-electron chi connectivity index (χ4n) is 6.69. The SMILES string of the molecule is C/N=C/c1c(NC(=O)CN2C[C@]3(CC[C@](c4ccccc4)(N(C)C)CC3)N(CC3CCC3)C2=O)n[nH]c1SC. The molecule has 10 heteroatoms. The molecule has 0 radical (unpaired) electrons. The number of H-pyrrole nitrogens is 1. The van der Waals surface area contributed by atoms with Crippen LogP contribution in [-0.2, 0) is 10.3 Å². The second-order valence-corrected chi connectivity index (χ2v) is 12.3. The van der Waals surface area contributed by atoms with E-state index < -0.39 is 0 Å². The number of thioether (sulfide) groups is 1. The summed E-state index contributed by atoms with van der Waals surface area (Å²) in [6.07, 6.45) is 11.0. The van der Waals surface area contributed by atoms with Crippen molar-refractivity contribution < 1.29 is 9.59 Å². The van der Waals surface area contributed by atoms with Gasteiger partial charge in [-0.05, 0) is 70.4 Å². The highest BCUT2D eigenvalue weighted by molar-refractivity contribution is 7.98. The summed E-state index contributed by atoms with van der Waals surface area (Å²) in [5.41, 5.74) is 1.81. The van der Waals surface area contributed by atoms with Gasteiger partial charge in [-0.3, -0.25) is 19.8 Å². The summed E-state index contributed by atoms with van der Waals surface area (Å²) < 4.78 is 0. The number of anilines is 1. The van der Waals surface area contributed by atoms with Crippen molar-refractivity contribution in [3.8, 4) is 0 Å². The van der Waals surface area contributed by atoms with Gasteiger partial charge in [-0.15, -0.1) is 11.8 Å². The largest absolute Gasteiger partial charge is 0.321 e. The average Bonchev–Trinajstić information content (AvgIpc) is 3.40. The number of aromatic nitrogens is 2. The fourth-order valence-corrected chi connectivity index (χ4v) is 7.20. The number of aromatic amines is 1. The summed E-state index contributed by atoms with van der Waals surface area (Å²) in [5, 5.41) is 11.0. The summed E-state index contributed by atoms with van der Waals surface area (Å²) in [6, 6.07) is 10.8. The van der Waals surface area contributed by atoms with Crippen LogP contribution in [0.5, 0.6) is 0 Å². The van der Waals surface area contributed by atoms with Crippen LogP contribution in [0.2, 0.25) is 0 Å². The number of amides is 3. The van der Waals surface area contributed by atoms with Crippen molar-refractivity contribution in [1.29, 1.82) is 0 Å². The third-order valence-electron chi connectivity index (χ3n) is 9.22. The third kappa shape index (κ3) is 5.20. The Morgan fingerprint density at radius 2 is 1.95 bits per heavy atom. The van der Waals surface area contributed by atoms with Crippen LogP contribution in [0.15, 0.2) is 40.4 Å². The number of nitrogens with zero attached hydrogens (tertiary/aromatic N) is 5. The van der Waals surface area contributed by atoms with Crippen LogP contribution in [0, 0.1) is 5.92 Å². The molecule has 3 fully saturated rings. The normalized spacial score (nSPS) is 25.7. The fraction of sp³-hybridized carbons (Fsp3) is 0.586. The molecule has 0 bridgehead atoms. The molecule has 1 aromatic heterocycles. The highest BCUT2D eigenvalue weighted by Gasteiger charge is 2.55. The molecule has 2 heterocycles. The Hall–Kier alpha value is -2.85. The van der Waals surface area contributed by atoms with Crippen LogP contribution in [0.25, 0.3) is 0 Å². The smallest absolute Gasteiger partial charge is 0.317 e. The van der Waals surface area contributed by atoms with Gasteiger partial charge >= 0.3 is 6.03 Å². The van der Waals surface area contributed by atoms with Crippen LogP contribution >= 0.6 is 11.8 Å². The van der Waals surface area contributed by atoms with Gasteiger partial charge in [0.05, 0.1) is 11.1 Å². The van der Waals surface area contributed by atoms with Crippen LogP contribution in [0.4, 0.5) is 10.6 Å². The third-order valence-corrected chi connectivity index (χ3v) is 9.94. The molecule has 1 spiro atoms. The number of urea groups is 1. The molecule has 1 aliphatic heterocycles. The predicted molar refractivity (Wildman–Crippen MR) is 157 cm³/mol. The molecule has 210 valence electrons. The predicted octanol–water partition coefficient (Wildman–Crippen LogP) is 4.43. The molecule has 1 aromatic carbocycles. The number of nitrogens with one attached hydrogen (secondary N) is 2. The molecule has 2 aromatic rings. The van der Waals surface area contributed by atoms with Crippen LogP contribution in [0.3, 0.4) is 0 Å². The Morgan fingerprint density at radius 3 is 2.54 bits per heavy atom. The summed E-state index contributed by atoms with van der Waals surface area (Å²) in [7, 11) is 6.03. The van der Waals surface area contributed by atoms with Gasteiger partial charge in [-0.25, -0.2) is 4.79 Å². The Kier molecular flexibility index (Phi) is 8.05.